The van der Waals surface area contributed by atoms with Crippen molar-refractivity contribution in [2.75, 3.05) is 39.8 Å². The van der Waals surface area contributed by atoms with E-state index in [1.165, 1.54) is 18.5 Å². The second-order valence-electron chi connectivity index (χ2n) is 8.42. The summed E-state index contributed by atoms with van der Waals surface area (Å²) in [4.78, 5) is 21.8. The zero-order valence-electron chi connectivity index (χ0n) is 17.1. The van der Waals surface area contributed by atoms with Crippen LogP contribution in [0.2, 0.25) is 0 Å². The summed E-state index contributed by atoms with van der Waals surface area (Å²) >= 11 is 0. The molecule has 27 heavy (non-hydrogen) atoms. The van der Waals surface area contributed by atoms with Crippen LogP contribution >= 0.6 is 0 Å². The quantitative estimate of drug-likeness (QED) is 0.799. The van der Waals surface area contributed by atoms with Gasteiger partial charge in [0.2, 0.25) is 5.91 Å². The first kappa shape index (κ1) is 20.3. The van der Waals surface area contributed by atoms with E-state index in [-0.39, 0.29) is 0 Å². The molecule has 0 aliphatic carbocycles. The van der Waals surface area contributed by atoms with E-state index in [9.17, 15) is 4.79 Å². The number of aromatic nitrogens is 1. The van der Waals surface area contributed by atoms with Gasteiger partial charge in [0.15, 0.2) is 0 Å². The minimum Gasteiger partial charge on any atom is -0.343 e. The lowest BCUT2D eigenvalue weighted by Gasteiger charge is -2.37. The minimum absolute atomic E-state index is 0.341. The van der Waals surface area contributed by atoms with Gasteiger partial charge in [0.1, 0.15) is 0 Å². The van der Waals surface area contributed by atoms with E-state index in [1.54, 1.807) is 0 Å². The molecule has 0 bridgehead atoms. The topological polar surface area (TPSA) is 48.5 Å². The highest BCUT2D eigenvalue weighted by Gasteiger charge is 2.28. The Labute approximate surface area is 164 Å². The van der Waals surface area contributed by atoms with Gasteiger partial charge in [0.05, 0.1) is 0 Å². The van der Waals surface area contributed by atoms with Gasteiger partial charge in [-0.25, -0.2) is 0 Å². The summed E-state index contributed by atoms with van der Waals surface area (Å²) in [5, 5.41) is 3.42. The zero-order chi connectivity index (χ0) is 19.1. The van der Waals surface area contributed by atoms with E-state index < -0.39 is 0 Å². The highest BCUT2D eigenvalue weighted by molar-refractivity contribution is 5.76. The Hall–Kier alpha value is -1.46. The van der Waals surface area contributed by atoms with Crippen molar-refractivity contribution in [2.24, 2.45) is 11.8 Å². The Morgan fingerprint density at radius 1 is 1.26 bits per heavy atom. The molecule has 1 aromatic rings. The van der Waals surface area contributed by atoms with Crippen LogP contribution in [0.25, 0.3) is 0 Å². The minimum atomic E-state index is 0.341. The molecule has 3 rings (SSSR count). The monoisotopic (exact) mass is 372 g/mol. The zero-order valence-corrected chi connectivity index (χ0v) is 17.1. The molecule has 2 aliphatic rings. The largest absolute Gasteiger partial charge is 0.343 e. The normalized spacial score (nSPS) is 21.1. The standard InChI is InChI=1S/C22H36N4O/c1-18(19-6-12-23-13-7-19)17-22(27)25(2)21-9-15-26(16-10-21)14-8-20-5-3-4-11-24-20/h3-5,11,18-19,21,23H,6-10,12-17H2,1-2H3. The molecule has 5 nitrogen and oxygen atoms in total. The molecule has 5 heteroatoms. The SMILES string of the molecule is CC(CC(=O)N(C)C1CCN(CCc2ccccn2)CC1)C1CCNCC1. The molecule has 0 radical (unpaired) electrons. The molecule has 0 aromatic carbocycles. The van der Waals surface area contributed by atoms with E-state index in [1.807, 2.05) is 24.2 Å². The number of pyridine rings is 1. The van der Waals surface area contributed by atoms with Crippen LogP contribution in [0, 0.1) is 11.8 Å². The molecular weight excluding hydrogens is 336 g/mol. The van der Waals surface area contributed by atoms with Crippen molar-refractivity contribution in [3.8, 4) is 0 Å². The average Bonchev–Trinajstić information content (AvgIpc) is 2.73. The highest BCUT2D eigenvalue weighted by Crippen LogP contribution is 2.26. The fraction of sp³-hybridized carbons (Fsp3) is 0.727. The van der Waals surface area contributed by atoms with Crippen LogP contribution < -0.4 is 5.32 Å². The Balaban J connectivity index is 1.38. The van der Waals surface area contributed by atoms with Gasteiger partial charge in [0.25, 0.3) is 0 Å². The summed E-state index contributed by atoms with van der Waals surface area (Å²) in [7, 11) is 2.02. The second kappa shape index (κ2) is 10.2. The maximum atomic E-state index is 12.8. The first-order valence-corrected chi connectivity index (χ1v) is 10.7. The molecule has 2 fully saturated rings. The van der Waals surface area contributed by atoms with Crippen LogP contribution in [-0.2, 0) is 11.2 Å². The van der Waals surface area contributed by atoms with Crippen LogP contribution in [0.1, 0.15) is 44.7 Å². The Kier molecular flexibility index (Phi) is 7.65. The van der Waals surface area contributed by atoms with Gasteiger partial charge in [-0.05, 0) is 62.7 Å². The summed E-state index contributed by atoms with van der Waals surface area (Å²) < 4.78 is 0. The summed E-state index contributed by atoms with van der Waals surface area (Å²) in [5.41, 5.74) is 1.17. The molecule has 1 N–H and O–H groups in total. The molecule has 1 atom stereocenters. The lowest BCUT2D eigenvalue weighted by atomic mass is 9.84. The molecular formula is C22H36N4O. The predicted molar refractivity (Wildman–Crippen MR) is 110 cm³/mol. The van der Waals surface area contributed by atoms with Gasteiger partial charge >= 0.3 is 0 Å². The Bertz CT molecular complexity index is 565. The van der Waals surface area contributed by atoms with Gasteiger partial charge in [-0.2, -0.15) is 0 Å². The third-order valence-electron chi connectivity index (χ3n) is 6.59. The smallest absolute Gasteiger partial charge is 0.222 e. The number of rotatable bonds is 7. The summed E-state index contributed by atoms with van der Waals surface area (Å²) in [6.07, 6.45) is 8.19. The van der Waals surface area contributed by atoms with E-state index >= 15 is 0 Å². The maximum Gasteiger partial charge on any atom is 0.222 e. The summed E-state index contributed by atoms with van der Waals surface area (Å²) in [6, 6.07) is 6.53. The lowest BCUT2D eigenvalue weighted by molar-refractivity contribution is -0.134. The van der Waals surface area contributed by atoms with Crippen molar-refractivity contribution >= 4 is 5.91 Å². The van der Waals surface area contributed by atoms with E-state index in [4.69, 9.17) is 0 Å². The lowest BCUT2D eigenvalue weighted by Crippen LogP contribution is -2.46. The van der Waals surface area contributed by atoms with Gasteiger partial charge in [0, 0.05) is 57.5 Å². The number of nitrogens with zero attached hydrogens (tertiary/aromatic N) is 3. The maximum absolute atomic E-state index is 12.8. The molecule has 1 amide bonds. The summed E-state index contributed by atoms with van der Waals surface area (Å²) in [6.45, 7) is 7.71. The number of carbonyl (C=O) groups is 1. The number of likely N-dealkylation sites (tertiary alicyclic amines) is 1. The molecule has 3 heterocycles. The number of hydrogen-bond donors (Lipinski definition) is 1. The van der Waals surface area contributed by atoms with Crippen LogP contribution in [-0.4, -0.2) is 66.5 Å². The second-order valence-corrected chi connectivity index (χ2v) is 8.42. The predicted octanol–water partition coefficient (Wildman–Crippen LogP) is 2.57. The molecule has 2 aliphatic heterocycles. The highest BCUT2D eigenvalue weighted by atomic mass is 16.2. The number of piperidine rings is 2. The van der Waals surface area contributed by atoms with Crippen LogP contribution in [0.3, 0.4) is 0 Å². The third-order valence-corrected chi connectivity index (χ3v) is 6.59. The third kappa shape index (κ3) is 6.01. The van der Waals surface area contributed by atoms with Crippen LogP contribution in [0.4, 0.5) is 0 Å². The Morgan fingerprint density at radius 3 is 2.67 bits per heavy atom. The van der Waals surface area contributed by atoms with Crippen molar-refractivity contribution in [2.45, 2.75) is 51.5 Å². The van der Waals surface area contributed by atoms with Crippen molar-refractivity contribution < 1.29 is 4.79 Å². The van der Waals surface area contributed by atoms with Crippen molar-refractivity contribution in [3.05, 3.63) is 30.1 Å². The van der Waals surface area contributed by atoms with Gasteiger partial charge in [-0.15, -0.1) is 0 Å². The Morgan fingerprint density at radius 2 is 2.00 bits per heavy atom. The molecule has 150 valence electrons. The van der Waals surface area contributed by atoms with Crippen molar-refractivity contribution in [1.82, 2.24) is 20.1 Å². The number of carbonyl (C=O) groups excluding carboxylic acids is 1. The first-order valence-electron chi connectivity index (χ1n) is 10.7. The van der Waals surface area contributed by atoms with Crippen LogP contribution in [0.15, 0.2) is 24.4 Å². The van der Waals surface area contributed by atoms with E-state index in [2.05, 4.69) is 34.3 Å². The first-order chi connectivity index (χ1) is 13.1. The van der Waals surface area contributed by atoms with Gasteiger partial charge in [-0.1, -0.05) is 13.0 Å². The number of amides is 1. The number of hydrogen-bond acceptors (Lipinski definition) is 4. The van der Waals surface area contributed by atoms with E-state index in [0.717, 1.165) is 52.0 Å². The van der Waals surface area contributed by atoms with Gasteiger partial charge in [-0.3, -0.25) is 9.78 Å². The van der Waals surface area contributed by atoms with Crippen LogP contribution in [0.5, 0.6) is 0 Å². The molecule has 0 spiro atoms. The molecule has 2 saturated heterocycles. The average molecular weight is 373 g/mol. The molecule has 0 saturated carbocycles. The fourth-order valence-corrected chi connectivity index (χ4v) is 4.55. The molecule has 1 aromatic heterocycles. The van der Waals surface area contributed by atoms with E-state index in [0.29, 0.717) is 30.2 Å². The molecule has 1 unspecified atom stereocenters. The van der Waals surface area contributed by atoms with Crippen molar-refractivity contribution in [1.29, 1.82) is 0 Å². The van der Waals surface area contributed by atoms with Gasteiger partial charge < -0.3 is 15.1 Å². The summed E-state index contributed by atoms with van der Waals surface area (Å²) in [5.74, 6) is 1.55. The van der Waals surface area contributed by atoms with Crippen molar-refractivity contribution in [3.63, 3.8) is 0 Å². The fourth-order valence-electron chi connectivity index (χ4n) is 4.55. The number of nitrogens with one attached hydrogen (secondary N) is 1.